The first-order valence-electron chi connectivity index (χ1n) is 20.7. The number of hydrogen-bond acceptors (Lipinski definition) is 12. The zero-order valence-corrected chi connectivity index (χ0v) is 37.5. The molecule has 0 saturated heterocycles. The van der Waals surface area contributed by atoms with E-state index in [0.717, 1.165) is 38.3 Å². The van der Waals surface area contributed by atoms with E-state index < -0.39 is 24.1 Å². The highest BCUT2D eigenvalue weighted by atomic mass is 35.5. The lowest BCUT2D eigenvalue weighted by Crippen LogP contribution is -2.32. The number of benzene rings is 3. The molecule has 1 aliphatic rings. The summed E-state index contributed by atoms with van der Waals surface area (Å²) in [5.41, 5.74) is 4.94. The van der Waals surface area contributed by atoms with Crippen molar-refractivity contribution in [3.05, 3.63) is 128 Å². The molecule has 21 heteroatoms. The van der Waals surface area contributed by atoms with Crippen molar-refractivity contribution in [2.24, 2.45) is 4.99 Å². The summed E-state index contributed by atoms with van der Waals surface area (Å²) in [7, 11) is 0. The third kappa shape index (κ3) is 12.0. The molecule has 0 aliphatic carbocycles. The van der Waals surface area contributed by atoms with Crippen molar-refractivity contribution in [1.82, 2.24) is 40.9 Å². The summed E-state index contributed by atoms with van der Waals surface area (Å²) in [5, 5.41) is 25.6. The first-order valence-corrected chi connectivity index (χ1v) is 21.9. The van der Waals surface area contributed by atoms with Gasteiger partial charge in [0.25, 0.3) is 11.8 Å². The van der Waals surface area contributed by atoms with E-state index in [2.05, 4.69) is 54.9 Å². The van der Waals surface area contributed by atoms with Crippen LogP contribution in [0.25, 0.3) is 16.3 Å². The zero-order chi connectivity index (χ0) is 46.8. The van der Waals surface area contributed by atoms with Gasteiger partial charge in [0.05, 0.1) is 62.1 Å². The van der Waals surface area contributed by atoms with E-state index in [4.69, 9.17) is 30.8 Å². The summed E-state index contributed by atoms with van der Waals surface area (Å²) in [6.07, 6.45) is -4.90. The van der Waals surface area contributed by atoms with Crippen LogP contribution in [0.4, 0.5) is 13.2 Å². The Bertz CT molecular complexity index is 2700. The Labute approximate surface area is 385 Å². The third-order valence-corrected chi connectivity index (χ3v) is 11.6. The minimum atomic E-state index is -4.96. The number of carbonyl (C=O) groups is 3. The van der Waals surface area contributed by atoms with Gasteiger partial charge >= 0.3 is 6.36 Å². The van der Waals surface area contributed by atoms with E-state index in [9.17, 15) is 27.6 Å². The molecule has 3 aromatic carbocycles. The van der Waals surface area contributed by atoms with Crippen molar-refractivity contribution in [1.29, 1.82) is 0 Å². The average molecular weight is 948 g/mol. The number of aliphatic imine (C=N–C) groups is 1. The van der Waals surface area contributed by atoms with Gasteiger partial charge in [-0.3, -0.25) is 29.0 Å². The molecule has 0 spiro atoms. The van der Waals surface area contributed by atoms with Crippen molar-refractivity contribution in [2.45, 2.75) is 46.1 Å². The lowest BCUT2D eigenvalue weighted by atomic mass is 9.99. The van der Waals surface area contributed by atoms with Crippen LogP contribution in [-0.2, 0) is 25.6 Å². The van der Waals surface area contributed by atoms with Gasteiger partial charge in [0.15, 0.2) is 12.4 Å². The quantitative estimate of drug-likeness (QED) is 0.0595. The average Bonchev–Trinajstić information content (AvgIpc) is 3.98. The fourth-order valence-electron chi connectivity index (χ4n) is 6.95. The molecule has 1 atom stereocenters. The monoisotopic (exact) mass is 947 g/mol. The summed E-state index contributed by atoms with van der Waals surface area (Å²) in [5.74, 6) is -0.308. The number of thiophene rings is 1. The fraction of sp³-hybridized carbons (Fsp3) is 0.311. The Hall–Kier alpha value is -6.61. The molecule has 0 saturated carbocycles. The number of halogens is 4. The number of aromatic nitrogens is 5. The van der Waals surface area contributed by atoms with Crippen LogP contribution in [0.2, 0.25) is 5.02 Å². The number of aromatic amines is 1. The van der Waals surface area contributed by atoms with E-state index in [1.54, 1.807) is 41.7 Å². The number of alkyl halides is 3. The standard InChI is InChI=1S/C45H45ClF3N9O7S/c1-26-27(2)66-44-40(26)41(29-12-14-30(46)15-13-29)53-35(42-57-54-28(3)58(42)44)23-38(59)50-16-18-62-20-21-63-19-17-51-39(60)25-64-36-10-6-4-8-32(36)34-22-31(55-56-34)24-52-43(61)33-9-5-7-11-37(33)65-45(47,48)49/h4-15,22,35H,16-21,23-25H2,1-3H3,(H,50,59)(H,51,60)(H,52,61)(H,55,56)/t35-/m1/s1. The number of nitrogens with one attached hydrogen (secondary N) is 4. The van der Waals surface area contributed by atoms with Crippen molar-refractivity contribution in [3.63, 3.8) is 0 Å². The van der Waals surface area contributed by atoms with Crippen LogP contribution < -0.4 is 25.4 Å². The number of fused-ring (bicyclic) bond motifs is 3. The molecule has 0 bridgehead atoms. The van der Waals surface area contributed by atoms with Crippen molar-refractivity contribution < 1.29 is 46.5 Å². The lowest BCUT2D eigenvalue weighted by molar-refractivity contribution is -0.274. The zero-order valence-electron chi connectivity index (χ0n) is 36.0. The first-order chi connectivity index (χ1) is 31.8. The number of H-pyrrole nitrogens is 1. The van der Waals surface area contributed by atoms with Gasteiger partial charge in [-0.1, -0.05) is 48.0 Å². The maximum absolute atomic E-state index is 13.2. The van der Waals surface area contributed by atoms with Gasteiger partial charge in [-0.25, -0.2) is 0 Å². The summed E-state index contributed by atoms with van der Waals surface area (Å²) in [6, 6.07) is 20.5. The summed E-state index contributed by atoms with van der Waals surface area (Å²) in [4.78, 5) is 44.7. The van der Waals surface area contributed by atoms with Crippen LogP contribution in [0.5, 0.6) is 11.5 Å². The second kappa shape index (κ2) is 21.6. The summed E-state index contributed by atoms with van der Waals surface area (Å²) < 4.78 is 61.4. The maximum atomic E-state index is 13.2. The summed E-state index contributed by atoms with van der Waals surface area (Å²) in [6.45, 7) is 7.21. The Morgan fingerprint density at radius 3 is 2.26 bits per heavy atom. The number of carbonyl (C=O) groups excluding carboxylic acids is 3. The second-order valence-electron chi connectivity index (χ2n) is 14.8. The molecule has 0 fully saturated rings. The van der Waals surface area contributed by atoms with Crippen LogP contribution in [-0.4, -0.2) is 101 Å². The maximum Gasteiger partial charge on any atom is 0.573 e. The predicted molar refractivity (Wildman–Crippen MR) is 239 cm³/mol. The Morgan fingerprint density at radius 2 is 1.53 bits per heavy atom. The van der Waals surface area contributed by atoms with E-state index in [1.165, 1.54) is 18.2 Å². The lowest BCUT2D eigenvalue weighted by Gasteiger charge is -2.13. The van der Waals surface area contributed by atoms with Gasteiger partial charge in [0, 0.05) is 39.7 Å². The molecular weight excluding hydrogens is 903 g/mol. The van der Waals surface area contributed by atoms with Crippen molar-refractivity contribution >= 4 is 46.4 Å². The number of hydrogen-bond donors (Lipinski definition) is 4. The molecule has 6 aromatic rings. The minimum absolute atomic E-state index is 0.0538. The molecule has 1 aliphatic heterocycles. The first kappa shape index (κ1) is 47.4. The fourth-order valence-corrected chi connectivity index (χ4v) is 8.29. The van der Waals surface area contributed by atoms with Crippen LogP contribution in [0.1, 0.15) is 61.7 Å². The molecule has 7 rings (SSSR count). The van der Waals surface area contributed by atoms with Crippen LogP contribution in [0.3, 0.4) is 0 Å². The molecule has 16 nitrogen and oxygen atoms in total. The molecule has 66 heavy (non-hydrogen) atoms. The van der Waals surface area contributed by atoms with E-state index in [-0.39, 0.29) is 76.5 Å². The molecular formula is C45H45ClF3N9O7S. The topological polar surface area (TPSA) is 196 Å². The molecule has 3 amide bonds. The van der Waals surface area contributed by atoms with Gasteiger partial charge in [-0.2, -0.15) is 5.10 Å². The number of amides is 3. The van der Waals surface area contributed by atoms with E-state index in [0.29, 0.717) is 39.4 Å². The second-order valence-corrected chi connectivity index (χ2v) is 16.5. The van der Waals surface area contributed by atoms with Gasteiger partial charge in [-0.05, 0) is 68.8 Å². The van der Waals surface area contributed by atoms with Gasteiger partial charge in [-0.15, -0.1) is 34.7 Å². The van der Waals surface area contributed by atoms with Gasteiger partial charge in [0.2, 0.25) is 5.91 Å². The molecule has 0 unspecified atom stereocenters. The van der Waals surface area contributed by atoms with Crippen LogP contribution in [0.15, 0.2) is 83.9 Å². The highest BCUT2D eigenvalue weighted by molar-refractivity contribution is 7.15. The molecule has 4 heterocycles. The molecule has 3 aromatic heterocycles. The Morgan fingerprint density at radius 1 is 0.848 bits per heavy atom. The Balaban J connectivity index is 0.792. The number of para-hydroxylation sites is 2. The summed E-state index contributed by atoms with van der Waals surface area (Å²) >= 11 is 7.86. The van der Waals surface area contributed by atoms with Crippen LogP contribution >= 0.6 is 22.9 Å². The minimum Gasteiger partial charge on any atom is -0.483 e. The number of aryl methyl sites for hydroxylation is 2. The van der Waals surface area contributed by atoms with E-state index >= 15 is 0 Å². The predicted octanol–water partition coefficient (Wildman–Crippen LogP) is 6.75. The largest absolute Gasteiger partial charge is 0.573 e. The smallest absolute Gasteiger partial charge is 0.483 e. The number of rotatable bonds is 20. The Kier molecular flexibility index (Phi) is 15.5. The SMILES string of the molecule is Cc1sc2c(c1C)C(c1ccc(Cl)cc1)=N[C@H](CC(=O)NCCOCCOCCNC(=O)COc1ccccc1-c1cc(CNC(=O)c3ccccc3OC(F)(F)F)[nH]n1)c1nnc(C)n1-2. The van der Waals surface area contributed by atoms with E-state index in [1.807, 2.05) is 35.8 Å². The number of nitrogens with zero attached hydrogens (tertiary/aromatic N) is 5. The number of ether oxygens (including phenoxy) is 4. The highest BCUT2D eigenvalue weighted by Gasteiger charge is 2.34. The van der Waals surface area contributed by atoms with Crippen LogP contribution in [0, 0.1) is 20.8 Å². The molecule has 346 valence electrons. The van der Waals surface area contributed by atoms with Crippen molar-refractivity contribution in [3.8, 4) is 27.8 Å². The normalized spacial score (nSPS) is 13.3. The highest BCUT2D eigenvalue weighted by Crippen LogP contribution is 2.40. The molecule has 4 N–H and O–H groups in total. The van der Waals surface area contributed by atoms with Crippen molar-refractivity contribution in [2.75, 3.05) is 46.1 Å². The van der Waals surface area contributed by atoms with Gasteiger partial charge in [0.1, 0.15) is 28.4 Å². The molecule has 0 radical (unpaired) electrons. The van der Waals surface area contributed by atoms with Gasteiger partial charge < -0.3 is 34.9 Å². The third-order valence-electron chi connectivity index (χ3n) is 10.2.